The topological polar surface area (TPSA) is 140 Å². The van der Waals surface area contributed by atoms with Crippen molar-refractivity contribution in [3.05, 3.63) is 64.8 Å². The molecule has 0 bridgehead atoms. The smallest absolute Gasteiger partial charge is 0.303 e. The summed E-state index contributed by atoms with van der Waals surface area (Å²) in [6.07, 6.45) is 2.94. The molecule has 4 rings (SSSR count). The van der Waals surface area contributed by atoms with E-state index in [2.05, 4.69) is 26.7 Å². The molecule has 11 nitrogen and oxygen atoms in total. The van der Waals surface area contributed by atoms with Gasteiger partial charge < -0.3 is 20.3 Å². The third-order valence-corrected chi connectivity index (χ3v) is 7.02. The molecule has 0 radical (unpaired) electrons. The number of rotatable bonds is 11. The van der Waals surface area contributed by atoms with E-state index in [9.17, 15) is 14.4 Å². The molecule has 2 heterocycles. The van der Waals surface area contributed by atoms with Gasteiger partial charge in [0.05, 0.1) is 6.54 Å². The van der Waals surface area contributed by atoms with E-state index in [0.29, 0.717) is 30.6 Å². The summed E-state index contributed by atoms with van der Waals surface area (Å²) in [4.78, 5) is 36.9. The van der Waals surface area contributed by atoms with E-state index in [4.69, 9.17) is 5.11 Å². The number of nitrogens with one attached hydrogen (secondary N) is 4. The lowest BCUT2D eigenvalue weighted by Crippen LogP contribution is -2.41. The van der Waals surface area contributed by atoms with Crippen LogP contribution in [-0.4, -0.2) is 45.5 Å². The molecular formula is C29H37N7O4. The average Bonchev–Trinajstić information content (AvgIpc) is 3.53. The van der Waals surface area contributed by atoms with Crippen LogP contribution >= 0.6 is 0 Å². The maximum absolute atomic E-state index is 13.6. The number of amidine groups is 1. The Morgan fingerprint density at radius 3 is 2.55 bits per heavy atom. The number of aromatic nitrogens is 1. The second-order valence-corrected chi connectivity index (χ2v) is 10.4. The summed E-state index contributed by atoms with van der Waals surface area (Å²) in [5.41, 5.74) is 10.9. The molecule has 0 fully saturated rings. The highest BCUT2D eigenvalue weighted by molar-refractivity contribution is 6.00. The number of carbonyl (C=O) groups is 3. The summed E-state index contributed by atoms with van der Waals surface area (Å²) in [5.74, 6) is -0.191. The molecule has 0 aliphatic carbocycles. The number of amides is 2. The zero-order valence-electron chi connectivity index (χ0n) is 23.5. The zero-order valence-corrected chi connectivity index (χ0v) is 23.5. The molecule has 1 unspecified atom stereocenters. The SMILES string of the molecule is CNC(=O)c1ccc2c(C)cn(C(C)C(=O)Nc3cc(CN4NN=C(C(C)C)N4)ccc3CCCC(=O)O)c2c1. The molecule has 1 aliphatic rings. The summed E-state index contributed by atoms with van der Waals surface area (Å²) in [6, 6.07) is 10.7. The van der Waals surface area contributed by atoms with Crippen molar-refractivity contribution in [3.8, 4) is 0 Å². The van der Waals surface area contributed by atoms with Gasteiger partial charge in [0.2, 0.25) is 5.91 Å². The molecule has 5 N–H and O–H groups in total. The van der Waals surface area contributed by atoms with E-state index in [1.165, 1.54) is 0 Å². The number of fused-ring (bicyclic) bond motifs is 1. The van der Waals surface area contributed by atoms with Crippen LogP contribution in [-0.2, 0) is 22.6 Å². The van der Waals surface area contributed by atoms with Crippen molar-refractivity contribution in [1.29, 1.82) is 0 Å². The van der Waals surface area contributed by atoms with Gasteiger partial charge >= 0.3 is 5.97 Å². The van der Waals surface area contributed by atoms with E-state index < -0.39 is 12.0 Å². The molecule has 0 saturated heterocycles. The second kappa shape index (κ2) is 12.2. The number of nitrogens with zero attached hydrogens (tertiary/aromatic N) is 3. The van der Waals surface area contributed by atoms with E-state index in [-0.39, 0.29) is 24.2 Å². The van der Waals surface area contributed by atoms with Gasteiger partial charge in [-0.2, -0.15) is 0 Å². The number of aliphatic carboxylic acids is 1. The predicted octanol–water partition coefficient (Wildman–Crippen LogP) is 3.71. The number of benzene rings is 2. The Bertz CT molecular complexity index is 1460. The van der Waals surface area contributed by atoms with Crippen LogP contribution in [0.4, 0.5) is 5.69 Å². The standard InChI is InChI=1S/C29H37N7O4/c1-17(2)27-32-34-36(33-27)16-20-9-10-21(7-6-8-26(37)38)24(13-20)31-28(39)19(4)35-15-18(3)23-12-11-22(14-25(23)35)29(40)30-5/h9-15,17,19,34H,6-8,16H2,1-5H3,(H,30,40)(H,31,39)(H,32,33)(H,37,38). The minimum Gasteiger partial charge on any atom is -0.481 e. The Morgan fingerprint density at radius 2 is 1.88 bits per heavy atom. The first kappa shape index (κ1) is 28.6. The molecule has 1 aromatic heterocycles. The van der Waals surface area contributed by atoms with Gasteiger partial charge in [0.1, 0.15) is 11.9 Å². The molecule has 40 heavy (non-hydrogen) atoms. The average molecular weight is 548 g/mol. The number of carboxylic acids is 1. The lowest BCUT2D eigenvalue weighted by molar-refractivity contribution is -0.137. The van der Waals surface area contributed by atoms with Gasteiger partial charge in [-0.25, -0.2) is 5.53 Å². The van der Waals surface area contributed by atoms with Gasteiger partial charge in [-0.05, 0) is 61.6 Å². The van der Waals surface area contributed by atoms with Gasteiger partial charge in [-0.3, -0.25) is 19.8 Å². The maximum atomic E-state index is 13.6. The predicted molar refractivity (Wildman–Crippen MR) is 155 cm³/mol. The number of hydrazone groups is 1. The molecule has 0 saturated carbocycles. The minimum atomic E-state index is -0.853. The van der Waals surface area contributed by atoms with Crippen molar-refractivity contribution in [2.45, 2.75) is 59.5 Å². The fourth-order valence-corrected chi connectivity index (χ4v) is 4.70. The van der Waals surface area contributed by atoms with Crippen LogP contribution < -0.4 is 21.6 Å². The largest absolute Gasteiger partial charge is 0.481 e. The molecule has 2 aromatic carbocycles. The van der Waals surface area contributed by atoms with Crippen molar-refractivity contribution in [2.24, 2.45) is 11.0 Å². The monoisotopic (exact) mass is 547 g/mol. The van der Waals surface area contributed by atoms with Crippen LogP contribution in [0.15, 0.2) is 47.7 Å². The number of carboxylic acid groups (broad SMARTS) is 1. The molecule has 1 aliphatic heterocycles. The number of hydrazine groups is 2. The summed E-state index contributed by atoms with van der Waals surface area (Å²) >= 11 is 0. The molecule has 3 aromatic rings. The third-order valence-electron chi connectivity index (χ3n) is 7.02. The fraction of sp³-hybridized carbons (Fsp3) is 0.379. The number of hydrogen-bond donors (Lipinski definition) is 5. The highest BCUT2D eigenvalue weighted by Crippen LogP contribution is 2.28. The van der Waals surface area contributed by atoms with Gasteiger partial charge in [0.25, 0.3) is 5.91 Å². The van der Waals surface area contributed by atoms with Crippen molar-refractivity contribution in [1.82, 2.24) is 26.0 Å². The normalized spacial score (nSPS) is 14.0. The van der Waals surface area contributed by atoms with Crippen LogP contribution in [0.2, 0.25) is 0 Å². The van der Waals surface area contributed by atoms with Crippen molar-refractivity contribution >= 4 is 40.2 Å². The van der Waals surface area contributed by atoms with Gasteiger partial charge in [-0.15, -0.1) is 10.2 Å². The third kappa shape index (κ3) is 6.42. The molecule has 2 amide bonds. The highest BCUT2D eigenvalue weighted by Gasteiger charge is 2.22. The first-order valence-electron chi connectivity index (χ1n) is 13.4. The molecular weight excluding hydrogens is 510 g/mol. The van der Waals surface area contributed by atoms with Crippen LogP contribution in [0.5, 0.6) is 0 Å². The van der Waals surface area contributed by atoms with Crippen molar-refractivity contribution < 1.29 is 19.5 Å². The number of anilines is 1. The van der Waals surface area contributed by atoms with Crippen LogP contribution in [0.25, 0.3) is 10.9 Å². The first-order chi connectivity index (χ1) is 19.1. The Labute approximate surface area is 233 Å². The van der Waals surface area contributed by atoms with E-state index in [1.54, 1.807) is 24.3 Å². The van der Waals surface area contributed by atoms with E-state index in [1.807, 2.05) is 62.7 Å². The number of hydrogen-bond acceptors (Lipinski definition) is 7. The summed E-state index contributed by atoms with van der Waals surface area (Å²) in [6.45, 7) is 8.37. The minimum absolute atomic E-state index is 0.0464. The lowest BCUT2D eigenvalue weighted by atomic mass is 10.0. The Balaban J connectivity index is 1.58. The van der Waals surface area contributed by atoms with E-state index in [0.717, 1.165) is 33.4 Å². The van der Waals surface area contributed by atoms with Crippen LogP contribution in [0.1, 0.15) is 66.7 Å². The Kier molecular flexibility index (Phi) is 8.73. The van der Waals surface area contributed by atoms with Gasteiger partial charge in [-0.1, -0.05) is 32.0 Å². The maximum Gasteiger partial charge on any atom is 0.303 e. The number of aryl methyl sites for hydroxylation is 2. The molecule has 212 valence electrons. The fourth-order valence-electron chi connectivity index (χ4n) is 4.70. The molecule has 11 heteroatoms. The summed E-state index contributed by atoms with van der Waals surface area (Å²) in [5, 5.41) is 21.9. The summed E-state index contributed by atoms with van der Waals surface area (Å²) < 4.78 is 1.88. The molecule has 0 spiro atoms. The Hall–Kier alpha value is -4.38. The number of carbonyl (C=O) groups excluding carboxylic acids is 2. The van der Waals surface area contributed by atoms with E-state index >= 15 is 0 Å². The molecule has 1 atom stereocenters. The zero-order chi connectivity index (χ0) is 29.0. The van der Waals surface area contributed by atoms with Crippen molar-refractivity contribution in [2.75, 3.05) is 12.4 Å². The van der Waals surface area contributed by atoms with Gasteiger partial charge in [0.15, 0.2) is 0 Å². The summed E-state index contributed by atoms with van der Waals surface area (Å²) in [7, 11) is 1.58. The Morgan fingerprint density at radius 1 is 1.10 bits per heavy atom. The highest BCUT2D eigenvalue weighted by atomic mass is 16.4. The van der Waals surface area contributed by atoms with Gasteiger partial charge in [0, 0.05) is 47.7 Å². The van der Waals surface area contributed by atoms with Crippen LogP contribution in [0, 0.1) is 12.8 Å². The second-order valence-electron chi connectivity index (χ2n) is 10.4. The first-order valence-corrected chi connectivity index (χ1v) is 13.4. The lowest BCUT2D eigenvalue weighted by Gasteiger charge is -2.20. The van der Waals surface area contributed by atoms with Crippen molar-refractivity contribution in [3.63, 3.8) is 0 Å². The van der Waals surface area contributed by atoms with Crippen LogP contribution in [0.3, 0.4) is 0 Å². The quantitative estimate of drug-likeness (QED) is 0.247.